The summed E-state index contributed by atoms with van der Waals surface area (Å²) in [6.45, 7) is 6.11. The van der Waals surface area contributed by atoms with Crippen LogP contribution in [0.4, 0.5) is 52.7 Å². The van der Waals surface area contributed by atoms with Gasteiger partial charge < -0.3 is 0 Å². The zero-order chi connectivity index (χ0) is 45.7. The first-order valence-electron chi connectivity index (χ1n) is 18.6. The predicted molar refractivity (Wildman–Crippen MR) is 234 cm³/mol. The lowest BCUT2D eigenvalue weighted by Gasteiger charge is -2.13. The molecule has 0 spiro atoms. The number of thiol groups is 2. The molecule has 0 atom stereocenters. The molecule has 0 amide bonds. The fourth-order valence-electron chi connectivity index (χ4n) is 8.03. The predicted octanol–water partition coefficient (Wildman–Crippen LogP) is 16.7. The number of benzene rings is 7. The zero-order valence-corrected chi connectivity index (χ0v) is 36.1. The van der Waals surface area contributed by atoms with Crippen molar-refractivity contribution in [3.63, 3.8) is 0 Å². The molecule has 0 aliphatic heterocycles. The van der Waals surface area contributed by atoms with Crippen LogP contribution in [0.3, 0.4) is 0 Å². The molecule has 0 fully saturated rings. The van der Waals surface area contributed by atoms with Gasteiger partial charge in [-0.05, 0) is 84.7 Å². The first-order chi connectivity index (χ1) is 30.0. The minimum atomic E-state index is -2.01. The summed E-state index contributed by atoms with van der Waals surface area (Å²) >= 11 is 7.18. The van der Waals surface area contributed by atoms with Gasteiger partial charge in [0.25, 0.3) is 0 Å². The molecule has 0 unspecified atom stereocenters. The Kier molecular flexibility index (Phi) is 11.6. The summed E-state index contributed by atoms with van der Waals surface area (Å²) in [5.41, 5.74) is 1.56. The maximum Gasteiger partial charge on any atom is 0.195 e. The molecular formula is C47H26F12S4. The summed E-state index contributed by atoms with van der Waals surface area (Å²) in [7, 11) is 0. The Labute approximate surface area is 368 Å². The van der Waals surface area contributed by atoms with Gasteiger partial charge in [0.2, 0.25) is 0 Å². The molecule has 2 heterocycles. The van der Waals surface area contributed by atoms with Crippen LogP contribution in [-0.4, -0.2) is 0 Å². The highest BCUT2D eigenvalue weighted by molar-refractivity contribution is 8.59. The normalized spacial score (nSPS) is 11.9. The van der Waals surface area contributed by atoms with Crippen LogP contribution in [0, 0.1) is 97.5 Å². The third-order valence-corrected chi connectivity index (χ3v) is 13.8. The van der Waals surface area contributed by atoms with Crippen LogP contribution >= 0.6 is 46.0 Å². The van der Waals surface area contributed by atoms with E-state index in [1.807, 2.05) is 0 Å². The monoisotopic (exact) mass is 946 g/mol. The minimum Gasteiger partial charge on any atom is -0.206 e. The van der Waals surface area contributed by atoms with Crippen LogP contribution in [0.1, 0.15) is 33.4 Å². The van der Waals surface area contributed by atoms with E-state index in [1.54, 1.807) is 6.07 Å². The molecule has 0 bridgehead atoms. The highest BCUT2D eigenvalue weighted by Gasteiger charge is 2.34. The van der Waals surface area contributed by atoms with E-state index in [2.05, 4.69) is 61.4 Å². The van der Waals surface area contributed by atoms with Gasteiger partial charge in [-0.2, -0.15) is 0 Å². The Balaban J connectivity index is 0.000000487. The van der Waals surface area contributed by atoms with E-state index in [-0.39, 0.29) is 17.5 Å². The molecule has 16 heteroatoms. The van der Waals surface area contributed by atoms with E-state index in [0.29, 0.717) is 44.9 Å². The molecule has 0 saturated carbocycles. The third-order valence-electron chi connectivity index (χ3n) is 11.4. The molecule has 0 nitrogen and oxygen atoms in total. The number of thiophene rings is 2. The maximum atomic E-state index is 15.9. The molecule has 0 radical (unpaired) electrons. The Morgan fingerprint density at radius 3 is 1.44 bits per heavy atom. The summed E-state index contributed by atoms with van der Waals surface area (Å²) in [5.74, 6) is -19.9. The molecule has 10 rings (SSSR count). The second-order valence-electron chi connectivity index (χ2n) is 14.8. The summed E-state index contributed by atoms with van der Waals surface area (Å²) < 4.78 is 180. The van der Waals surface area contributed by atoms with E-state index < -0.39 is 132 Å². The average molecular weight is 947 g/mol. The van der Waals surface area contributed by atoms with Crippen LogP contribution < -0.4 is 0 Å². The van der Waals surface area contributed by atoms with Gasteiger partial charge in [0.15, 0.2) is 58.2 Å². The van der Waals surface area contributed by atoms with Crippen LogP contribution in [-0.2, 0) is 6.42 Å². The van der Waals surface area contributed by atoms with Crippen molar-refractivity contribution in [3.05, 3.63) is 164 Å². The van der Waals surface area contributed by atoms with Gasteiger partial charge >= 0.3 is 0 Å². The smallest absolute Gasteiger partial charge is 0.195 e. The highest BCUT2D eigenvalue weighted by Crippen LogP contribution is 2.52. The Bertz CT molecular complexity index is 3400. The van der Waals surface area contributed by atoms with E-state index >= 15 is 43.9 Å². The first kappa shape index (κ1) is 44.4. The fourth-order valence-corrected chi connectivity index (χ4v) is 10.6. The Hall–Kier alpha value is -5.16. The van der Waals surface area contributed by atoms with Crippen LogP contribution in [0.2, 0.25) is 0 Å². The van der Waals surface area contributed by atoms with Crippen molar-refractivity contribution in [2.45, 2.75) is 34.1 Å². The lowest BCUT2D eigenvalue weighted by Crippen LogP contribution is -1.99. The third kappa shape index (κ3) is 6.61. The molecule has 7 aromatic carbocycles. The van der Waals surface area contributed by atoms with Crippen molar-refractivity contribution in [1.29, 1.82) is 0 Å². The highest BCUT2D eigenvalue weighted by atomic mass is 33.1. The molecule has 0 N–H and O–H groups in total. The minimum absolute atomic E-state index is 0.00986. The number of aryl methyl sites for hydroxylation is 2. The molecule has 63 heavy (non-hydrogen) atoms. The second kappa shape index (κ2) is 16.4. The second-order valence-corrected chi connectivity index (χ2v) is 16.8. The lowest BCUT2D eigenvalue weighted by atomic mass is 9.93. The molecule has 1 aliphatic rings. The average Bonchev–Trinajstić information content (AvgIpc) is 4.00. The van der Waals surface area contributed by atoms with Crippen molar-refractivity contribution in [2.24, 2.45) is 0 Å². The van der Waals surface area contributed by atoms with Crippen molar-refractivity contribution in [3.8, 4) is 33.4 Å². The SMILES string of the molecule is Cc1c(F)c(F)c2c(sc3c(-c4cccc5c4Cc4ccc(-c6c(F)c(F)c(F)c7c6sc6c(F)c(F)c(C)c(F)c67)cc4-5)c(F)c(F)c(F)c32)c1F.Cc1ccccc1C.SS. The van der Waals surface area contributed by atoms with E-state index in [1.165, 1.54) is 41.5 Å². The summed E-state index contributed by atoms with van der Waals surface area (Å²) in [5, 5.41) is -3.28. The largest absolute Gasteiger partial charge is 0.206 e. The van der Waals surface area contributed by atoms with Gasteiger partial charge in [0, 0.05) is 53.2 Å². The molecular weight excluding hydrogens is 921 g/mol. The van der Waals surface area contributed by atoms with Crippen LogP contribution in [0.25, 0.3) is 73.7 Å². The van der Waals surface area contributed by atoms with Gasteiger partial charge in [0.05, 0.1) is 9.40 Å². The summed E-state index contributed by atoms with van der Waals surface area (Å²) in [4.78, 5) is 0. The molecule has 322 valence electrons. The lowest BCUT2D eigenvalue weighted by molar-refractivity contribution is 0.455. The Morgan fingerprint density at radius 1 is 0.397 bits per heavy atom. The van der Waals surface area contributed by atoms with Gasteiger partial charge in [-0.1, -0.05) is 54.6 Å². The van der Waals surface area contributed by atoms with Gasteiger partial charge in [-0.25, -0.2) is 52.7 Å². The molecule has 2 aromatic heterocycles. The van der Waals surface area contributed by atoms with Gasteiger partial charge in [0.1, 0.15) is 11.6 Å². The van der Waals surface area contributed by atoms with Gasteiger partial charge in [-0.15, -0.1) is 46.0 Å². The van der Waals surface area contributed by atoms with E-state index in [9.17, 15) is 8.78 Å². The van der Waals surface area contributed by atoms with Crippen LogP contribution in [0.5, 0.6) is 0 Å². The van der Waals surface area contributed by atoms with Crippen molar-refractivity contribution in [1.82, 2.24) is 0 Å². The number of fused-ring (bicyclic) bond motifs is 9. The summed E-state index contributed by atoms with van der Waals surface area (Å²) in [6.07, 6.45) is 0.00986. The molecule has 9 aromatic rings. The summed E-state index contributed by atoms with van der Waals surface area (Å²) in [6, 6.07) is 16.9. The fraction of sp³-hybridized carbons (Fsp3) is 0.106. The quantitative estimate of drug-likeness (QED) is 0.0557. The Morgan fingerprint density at radius 2 is 0.857 bits per heavy atom. The van der Waals surface area contributed by atoms with Crippen molar-refractivity contribution >= 4 is 86.3 Å². The van der Waals surface area contributed by atoms with E-state index in [4.69, 9.17) is 0 Å². The molecule has 0 saturated heterocycles. The number of hydrogen-bond donors (Lipinski definition) is 2. The van der Waals surface area contributed by atoms with Crippen LogP contribution in [0.15, 0.2) is 60.7 Å². The number of rotatable bonds is 2. The van der Waals surface area contributed by atoms with Gasteiger partial charge in [-0.3, -0.25) is 0 Å². The number of halogens is 12. The topological polar surface area (TPSA) is 0 Å². The molecule has 1 aliphatic carbocycles. The first-order valence-corrected chi connectivity index (χ1v) is 21.8. The maximum absolute atomic E-state index is 15.9. The van der Waals surface area contributed by atoms with Crippen molar-refractivity contribution < 1.29 is 52.7 Å². The zero-order valence-electron chi connectivity index (χ0n) is 32.7. The number of hydrogen-bond acceptors (Lipinski definition) is 4. The van der Waals surface area contributed by atoms with Crippen molar-refractivity contribution in [2.75, 3.05) is 0 Å². The standard InChI is InChI=1S/C39H14F12S2.C8H10.H2S2/c1-10-24(40)20-21-31(47)33(49)28(44)18(36(21)52-39(20)35(51)26(10)42)13-7-6-12-8-17-14(16(12)9-13)4-3-5-15(17)19-29(45)34(50)32(48)22-23-30(46)25(41)11(2)27(43)38(23)53-37(19)22;1-7-5-3-4-6-8(7)2;1-2/h3-7,9H,8H2,1-2H3;3-6H,1-2H3;1-2H. The van der Waals surface area contributed by atoms with E-state index in [0.717, 1.165) is 13.8 Å².